The summed E-state index contributed by atoms with van der Waals surface area (Å²) >= 11 is 6.17. The summed E-state index contributed by atoms with van der Waals surface area (Å²) in [5.74, 6) is -0.815. The molecule has 0 fully saturated rings. The Kier molecular flexibility index (Phi) is 4.44. The van der Waals surface area contributed by atoms with Crippen molar-refractivity contribution in [2.45, 2.75) is 6.92 Å². The molecule has 0 amide bonds. The van der Waals surface area contributed by atoms with Crippen LogP contribution in [0.3, 0.4) is 0 Å². The average molecular weight is 251 g/mol. The molecule has 1 aromatic rings. The van der Waals surface area contributed by atoms with Gasteiger partial charge >= 0.3 is 5.97 Å². The number of nitrogens with zero attached hydrogens (tertiary/aromatic N) is 2. The third kappa shape index (κ3) is 3.45. The van der Waals surface area contributed by atoms with Crippen molar-refractivity contribution in [1.29, 1.82) is 0 Å². The van der Waals surface area contributed by atoms with E-state index in [9.17, 15) is 9.59 Å². The van der Waals surface area contributed by atoms with Gasteiger partial charge in [-0.15, -0.1) is 4.37 Å². The molecule has 0 aliphatic heterocycles. The van der Waals surface area contributed by atoms with Gasteiger partial charge in [0.05, 0.1) is 18.3 Å². The van der Waals surface area contributed by atoms with Crippen LogP contribution in [0.1, 0.15) is 6.92 Å². The molecule has 0 bridgehead atoms. The van der Waals surface area contributed by atoms with Gasteiger partial charge in [-0.2, -0.15) is 4.37 Å². The van der Waals surface area contributed by atoms with Gasteiger partial charge in [0, 0.05) is 0 Å². The van der Waals surface area contributed by atoms with Crippen LogP contribution in [0, 0.1) is 0 Å². The average Bonchev–Trinajstić information content (AvgIpc) is 2.21. The number of ether oxygens (including phenoxy) is 2. The van der Waals surface area contributed by atoms with Gasteiger partial charge in [0.1, 0.15) is 0 Å². The summed E-state index contributed by atoms with van der Waals surface area (Å²) in [6.07, 6.45) is 0. The summed E-state index contributed by atoms with van der Waals surface area (Å²) in [7, 11) is 0. The smallest absolute Gasteiger partial charge is 0.344 e. The Morgan fingerprint density at radius 1 is 1.53 bits per heavy atom. The molecule has 0 unspecified atom stereocenters. The van der Waals surface area contributed by atoms with Crippen LogP contribution >= 0.6 is 23.3 Å². The van der Waals surface area contributed by atoms with Gasteiger partial charge in [0.15, 0.2) is 11.8 Å². The first kappa shape index (κ1) is 11.9. The molecule has 1 rings (SSSR count). The Balaban J connectivity index is 2.62. The van der Waals surface area contributed by atoms with E-state index in [1.807, 2.05) is 0 Å². The van der Waals surface area contributed by atoms with Crippen LogP contribution in [0.15, 0.2) is 4.79 Å². The molecular formula is C7H7ClN2O4S. The number of carbonyl (C=O) groups excluding carboxylic acids is 1. The standard InChI is InChI=1S/C7H7ClN2O4S/c1-2-13-4(11)3-14-7-5(12)6(8)9-15-10-7/h2-3H2,1H3. The van der Waals surface area contributed by atoms with Crippen molar-refractivity contribution in [3.63, 3.8) is 0 Å². The summed E-state index contributed by atoms with van der Waals surface area (Å²) < 4.78 is 16.5. The third-order valence-corrected chi connectivity index (χ3v) is 2.13. The second kappa shape index (κ2) is 5.62. The van der Waals surface area contributed by atoms with Gasteiger partial charge in [-0.05, 0) is 6.92 Å². The van der Waals surface area contributed by atoms with Gasteiger partial charge in [0.2, 0.25) is 0 Å². The largest absolute Gasteiger partial charge is 0.463 e. The molecule has 1 aromatic heterocycles. The van der Waals surface area contributed by atoms with Crippen LogP contribution < -0.4 is 10.2 Å². The molecule has 82 valence electrons. The summed E-state index contributed by atoms with van der Waals surface area (Å²) in [6, 6.07) is 0. The highest BCUT2D eigenvalue weighted by Crippen LogP contribution is 2.04. The zero-order chi connectivity index (χ0) is 11.3. The topological polar surface area (TPSA) is 78.4 Å². The maximum atomic E-state index is 11.2. The highest BCUT2D eigenvalue weighted by molar-refractivity contribution is 6.99. The predicted molar refractivity (Wildman–Crippen MR) is 53.3 cm³/mol. The molecular weight excluding hydrogens is 244 g/mol. The van der Waals surface area contributed by atoms with Gasteiger partial charge in [-0.3, -0.25) is 4.79 Å². The fourth-order valence-electron chi connectivity index (χ4n) is 0.686. The van der Waals surface area contributed by atoms with Crippen LogP contribution in [-0.4, -0.2) is 27.9 Å². The molecule has 0 atom stereocenters. The zero-order valence-electron chi connectivity index (χ0n) is 7.73. The molecule has 8 heteroatoms. The summed E-state index contributed by atoms with van der Waals surface area (Å²) in [5, 5.41) is -0.228. The van der Waals surface area contributed by atoms with E-state index in [2.05, 4.69) is 13.5 Å². The Hall–Kier alpha value is -1.21. The van der Waals surface area contributed by atoms with E-state index in [1.165, 1.54) is 0 Å². The van der Waals surface area contributed by atoms with Crippen molar-refractivity contribution >= 4 is 29.3 Å². The van der Waals surface area contributed by atoms with E-state index >= 15 is 0 Å². The zero-order valence-corrected chi connectivity index (χ0v) is 9.30. The van der Waals surface area contributed by atoms with Crippen molar-refractivity contribution in [2.24, 2.45) is 0 Å². The molecule has 1 heterocycles. The SMILES string of the molecule is CCOC(=O)COc1nsnc(Cl)c1=O. The fraction of sp³-hybridized carbons (Fsp3) is 0.429. The minimum atomic E-state index is -0.639. The number of halogens is 1. The Morgan fingerprint density at radius 2 is 2.27 bits per heavy atom. The highest BCUT2D eigenvalue weighted by atomic mass is 35.5. The number of carbonyl (C=O) groups is 1. The lowest BCUT2D eigenvalue weighted by molar-refractivity contribution is -0.145. The van der Waals surface area contributed by atoms with E-state index in [4.69, 9.17) is 16.3 Å². The van der Waals surface area contributed by atoms with Crippen LogP contribution in [0.2, 0.25) is 5.15 Å². The summed E-state index contributed by atoms with van der Waals surface area (Å²) in [4.78, 5) is 22.1. The fourth-order valence-corrected chi connectivity index (χ4v) is 1.26. The maximum Gasteiger partial charge on any atom is 0.344 e. The molecule has 0 aliphatic rings. The van der Waals surface area contributed by atoms with Crippen molar-refractivity contribution in [2.75, 3.05) is 13.2 Å². The van der Waals surface area contributed by atoms with E-state index in [-0.39, 0.29) is 24.2 Å². The first-order valence-corrected chi connectivity index (χ1v) is 5.06. The van der Waals surface area contributed by atoms with Crippen LogP contribution in [0.5, 0.6) is 5.88 Å². The minimum Gasteiger partial charge on any atom is -0.463 e. The predicted octanol–water partition coefficient (Wildman–Crippen LogP) is 0.494. The molecule has 15 heavy (non-hydrogen) atoms. The molecule has 0 spiro atoms. The van der Waals surface area contributed by atoms with Gasteiger partial charge in [-0.1, -0.05) is 11.6 Å². The first-order valence-electron chi connectivity index (χ1n) is 3.96. The highest BCUT2D eigenvalue weighted by Gasteiger charge is 2.10. The van der Waals surface area contributed by atoms with Gasteiger partial charge in [0.25, 0.3) is 11.3 Å². The lowest BCUT2D eigenvalue weighted by atomic mass is 10.6. The quantitative estimate of drug-likeness (QED) is 0.724. The Morgan fingerprint density at radius 3 is 2.93 bits per heavy atom. The molecule has 0 radical (unpaired) electrons. The third-order valence-electron chi connectivity index (χ3n) is 1.26. The van der Waals surface area contributed by atoms with E-state index in [1.54, 1.807) is 6.92 Å². The van der Waals surface area contributed by atoms with Crippen LogP contribution in [-0.2, 0) is 9.53 Å². The number of hydrogen-bond acceptors (Lipinski definition) is 7. The molecule has 0 saturated carbocycles. The first-order chi connectivity index (χ1) is 7.15. The van der Waals surface area contributed by atoms with E-state index in [0.717, 1.165) is 11.7 Å². The van der Waals surface area contributed by atoms with Crippen LogP contribution in [0.25, 0.3) is 0 Å². The Bertz CT molecular complexity index is 408. The molecule has 0 aromatic carbocycles. The maximum absolute atomic E-state index is 11.2. The number of rotatable bonds is 4. The normalized spacial score (nSPS) is 9.73. The van der Waals surface area contributed by atoms with Crippen LogP contribution in [0.4, 0.5) is 0 Å². The number of esters is 1. The van der Waals surface area contributed by atoms with Gasteiger partial charge < -0.3 is 9.47 Å². The van der Waals surface area contributed by atoms with E-state index in [0.29, 0.717) is 0 Å². The molecule has 0 saturated heterocycles. The molecule has 0 aliphatic carbocycles. The summed E-state index contributed by atoms with van der Waals surface area (Å²) in [6.45, 7) is 1.54. The monoisotopic (exact) mass is 250 g/mol. The van der Waals surface area contributed by atoms with Crippen molar-refractivity contribution < 1.29 is 14.3 Å². The minimum absolute atomic E-state index is 0.228. The van der Waals surface area contributed by atoms with Crippen molar-refractivity contribution in [3.05, 3.63) is 15.4 Å². The van der Waals surface area contributed by atoms with Gasteiger partial charge in [-0.25, -0.2) is 4.79 Å². The van der Waals surface area contributed by atoms with E-state index < -0.39 is 11.4 Å². The second-order valence-electron chi connectivity index (χ2n) is 2.28. The lowest BCUT2D eigenvalue weighted by Crippen LogP contribution is -2.19. The summed E-state index contributed by atoms with van der Waals surface area (Å²) in [5.41, 5.74) is -0.639. The number of aromatic nitrogens is 2. The van der Waals surface area contributed by atoms with Crippen molar-refractivity contribution in [1.82, 2.24) is 8.75 Å². The molecule has 6 nitrogen and oxygen atoms in total. The van der Waals surface area contributed by atoms with Crippen molar-refractivity contribution in [3.8, 4) is 5.88 Å². The number of hydrogen-bond donors (Lipinski definition) is 0. The second-order valence-corrected chi connectivity index (χ2v) is 3.17. The Labute approximate surface area is 94.1 Å². The molecule has 0 N–H and O–H groups in total. The lowest BCUT2D eigenvalue weighted by Gasteiger charge is -2.02.